The fraction of sp³-hybridized carbons (Fsp3) is 0.926. The maximum atomic E-state index is 11.1. The molecule has 0 aromatic rings. The third kappa shape index (κ3) is 2.68. The second kappa shape index (κ2) is 6.81. The average molecular weight is 431 g/mol. The molecule has 4 heteroatoms. The van der Waals surface area contributed by atoms with Gasteiger partial charge in [-0.3, -0.25) is 0 Å². The smallest absolute Gasteiger partial charge is 0.171 e. The molecule has 6 aliphatic rings. The van der Waals surface area contributed by atoms with Crippen molar-refractivity contribution in [1.29, 1.82) is 0 Å². The normalized spacial score (nSPS) is 60.7. The number of rotatable bonds is 0. The van der Waals surface area contributed by atoms with Gasteiger partial charge in [-0.25, -0.2) is 0 Å². The maximum Gasteiger partial charge on any atom is 0.171 e. The Morgan fingerprint density at radius 3 is 2.58 bits per heavy atom. The molecule has 0 bridgehead atoms. The first-order valence-corrected chi connectivity index (χ1v) is 13.1. The third-order valence-electron chi connectivity index (χ3n) is 11.4. The Bertz CT molecular complexity index is 769. The molecule has 0 amide bonds. The topological polar surface area (TPSA) is 58.9 Å². The summed E-state index contributed by atoms with van der Waals surface area (Å²) in [5, 5.41) is 21.4. The predicted molar refractivity (Wildman–Crippen MR) is 119 cm³/mol. The van der Waals surface area contributed by atoms with Gasteiger partial charge in [0.15, 0.2) is 5.79 Å². The summed E-state index contributed by atoms with van der Waals surface area (Å²) in [7, 11) is 0. The zero-order chi connectivity index (χ0) is 21.8. The van der Waals surface area contributed by atoms with Gasteiger partial charge in [-0.15, -0.1) is 0 Å². The van der Waals surface area contributed by atoms with Gasteiger partial charge in [0, 0.05) is 24.2 Å². The first kappa shape index (κ1) is 21.1. The molecule has 0 aromatic carbocycles. The summed E-state index contributed by atoms with van der Waals surface area (Å²) >= 11 is 0. The third-order valence-corrected chi connectivity index (χ3v) is 11.4. The SMILES string of the molecule is C[C@H]1CC[C@@]2(OC1)O[C@H]1C[C@H]3[C@@H]4CC=C5C[C@@H](O)C[C@@H](O)[C@]5(C)[C@H]4CC[C@]3(C)[C@H]1[C@@H]2C. The highest BCUT2D eigenvalue weighted by atomic mass is 16.7. The number of hydrogen-bond donors (Lipinski definition) is 2. The Hall–Kier alpha value is -0.420. The van der Waals surface area contributed by atoms with E-state index < -0.39 is 6.10 Å². The van der Waals surface area contributed by atoms with Crippen LogP contribution in [0.5, 0.6) is 0 Å². The van der Waals surface area contributed by atoms with E-state index in [1.807, 2.05) is 0 Å². The van der Waals surface area contributed by atoms with Crippen molar-refractivity contribution in [3.63, 3.8) is 0 Å². The molecular formula is C27H42O4. The highest BCUT2D eigenvalue weighted by Crippen LogP contribution is 2.70. The molecule has 4 nitrogen and oxygen atoms in total. The van der Waals surface area contributed by atoms with Crippen LogP contribution in [0.4, 0.5) is 0 Å². The Morgan fingerprint density at radius 1 is 1.03 bits per heavy atom. The number of aliphatic hydroxyl groups is 2. The van der Waals surface area contributed by atoms with Gasteiger partial charge >= 0.3 is 0 Å². The number of ether oxygens (including phenoxy) is 2. The molecule has 3 saturated carbocycles. The van der Waals surface area contributed by atoms with E-state index in [1.54, 1.807) is 0 Å². The highest BCUT2D eigenvalue weighted by Gasteiger charge is 2.69. The minimum atomic E-state index is -0.420. The van der Waals surface area contributed by atoms with Gasteiger partial charge in [0.2, 0.25) is 0 Å². The summed E-state index contributed by atoms with van der Waals surface area (Å²) in [5.41, 5.74) is 1.48. The Balaban J connectivity index is 1.29. The molecule has 6 rings (SSSR count). The fourth-order valence-electron chi connectivity index (χ4n) is 9.72. The van der Waals surface area contributed by atoms with Gasteiger partial charge in [-0.2, -0.15) is 0 Å². The molecule has 2 heterocycles. The number of hydrogen-bond acceptors (Lipinski definition) is 4. The first-order valence-electron chi connectivity index (χ1n) is 13.1. The van der Waals surface area contributed by atoms with Gasteiger partial charge in [0.1, 0.15) is 0 Å². The van der Waals surface area contributed by atoms with Gasteiger partial charge in [-0.1, -0.05) is 39.3 Å². The number of allylic oxidation sites excluding steroid dienone is 1. The summed E-state index contributed by atoms with van der Waals surface area (Å²) in [5.74, 6) is 3.17. The van der Waals surface area contributed by atoms with E-state index in [9.17, 15) is 10.2 Å². The van der Waals surface area contributed by atoms with Crippen LogP contribution in [0.2, 0.25) is 0 Å². The van der Waals surface area contributed by atoms with Crippen molar-refractivity contribution in [3.8, 4) is 0 Å². The van der Waals surface area contributed by atoms with E-state index in [1.165, 1.54) is 24.8 Å². The van der Waals surface area contributed by atoms with Gasteiger partial charge in [-0.05, 0) is 73.5 Å². The molecule has 2 saturated heterocycles. The van der Waals surface area contributed by atoms with Crippen LogP contribution in [0, 0.1) is 46.3 Å². The molecule has 0 radical (unpaired) electrons. The lowest BCUT2D eigenvalue weighted by molar-refractivity contribution is -0.272. The van der Waals surface area contributed by atoms with Crippen LogP contribution in [0.1, 0.15) is 79.1 Å². The minimum absolute atomic E-state index is 0.155. The molecular weight excluding hydrogens is 388 g/mol. The molecule has 12 atom stereocenters. The fourth-order valence-corrected chi connectivity index (χ4v) is 9.72. The molecule has 2 aliphatic heterocycles. The van der Waals surface area contributed by atoms with E-state index in [0.717, 1.165) is 32.3 Å². The molecule has 5 fully saturated rings. The first-order chi connectivity index (χ1) is 14.7. The minimum Gasteiger partial charge on any atom is -0.393 e. The van der Waals surface area contributed by atoms with E-state index in [2.05, 4.69) is 33.8 Å². The summed E-state index contributed by atoms with van der Waals surface area (Å²) in [6.45, 7) is 10.4. The second-order valence-corrected chi connectivity index (χ2v) is 12.8. The Morgan fingerprint density at radius 2 is 1.84 bits per heavy atom. The molecule has 31 heavy (non-hydrogen) atoms. The largest absolute Gasteiger partial charge is 0.393 e. The van der Waals surface area contributed by atoms with E-state index in [4.69, 9.17) is 9.47 Å². The van der Waals surface area contributed by atoms with Crippen molar-refractivity contribution >= 4 is 0 Å². The van der Waals surface area contributed by atoms with Crippen LogP contribution in [-0.4, -0.2) is 40.9 Å². The van der Waals surface area contributed by atoms with Crippen molar-refractivity contribution in [2.75, 3.05) is 6.61 Å². The van der Waals surface area contributed by atoms with Gasteiger partial charge in [0.05, 0.1) is 24.9 Å². The quantitative estimate of drug-likeness (QED) is 0.548. The standard InChI is InChI=1S/C27H42O4/c1-15-7-10-27(30-14-15)16(2)24-22(31-27)13-21-19-6-5-17-11-18(28)12-23(29)26(17,4)20(19)8-9-25(21,24)3/h5,15-16,18-24,28-29H,6-14H2,1-4H3/t15-,16-,18+,19+,20-,21-,22-,23+,24-,25-,26-,27+/m0/s1. The van der Waals surface area contributed by atoms with Crippen LogP contribution in [0.25, 0.3) is 0 Å². The molecule has 0 aromatic heterocycles. The predicted octanol–water partition coefficient (Wildman–Crippen LogP) is 4.68. The van der Waals surface area contributed by atoms with Crippen molar-refractivity contribution in [3.05, 3.63) is 11.6 Å². The number of fused-ring (bicyclic) bond motifs is 7. The van der Waals surface area contributed by atoms with Gasteiger partial charge < -0.3 is 19.7 Å². The molecule has 2 N–H and O–H groups in total. The Labute approximate surface area is 187 Å². The molecule has 4 aliphatic carbocycles. The van der Waals surface area contributed by atoms with Gasteiger partial charge in [0.25, 0.3) is 0 Å². The van der Waals surface area contributed by atoms with Crippen LogP contribution in [-0.2, 0) is 9.47 Å². The van der Waals surface area contributed by atoms with Crippen molar-refractivity contribution in [1.82, 2.24) is 0 Å². The van der Waals surface area contributed by atoms with E-state index in [-0.39, 0.29) is 17.3 Å². The van der Waals surface area contributed by atoms with Crippen LogP contribution >= 0.6 is 0 Å². The van der Waals surface area contributed by atoms with E-state index in [0.29, 0.717) is 53.4 Å². The highest BCUT2D eigenvalue weighted by molar-refractivity contribution is 5.28. The van der Waals surface area contributed by atoms with Crippen molar-refractivity contribution in [2.45, 2.75) is 103 Å². The number of aliphatic hydroxyl groups excluding tert-OH is 2. The maximum absolute atomic E-state index is 11.1. The lowest BCUT2D eigenvalue weighted by Crippen LogP contribution is -2.56. The lowest BCUT2D eigenvalue weighted by atomic mass is 9.46. The zero-order valence-corrected chi connectivity index (χ0v) is 19.8. The lowest BCUT2D eigenvalue weighted by Gasteiger charge is -2.59. The van der Waals surface area contributed by atoms with Crippen LogP contribution < -0.4 is 0 Å². The molecule has 174 valence electrons. The average Bonchev–Trinajstić information content (AvgIpc) is 3.16. The monoisotopic (exact) mass is 430 g/mol. The van der Waals surface area contributed by atoms with Crippen molar-refractivity contribution in [2.24, 2.45) is 46.3 Å². The Kier molecular flexibility index (Phi) is 4.64. The summed E-state index contributed by atoms with van der Waals surface area (Å²) in [4.78, 5) is 0. The van der Waals surface area contributed by atoms with Crippen LogP contribution in [0.15, 0.2) is 11.6 Å². The zero-order valence-electron chi connectivity index (χ0n) is 19.8. The summed E-state index contributed by atoms with van der Waals surface area (Å²) in [6.07, 6.45) is 10.2. The van der Waals surface area contributed by atoms with Crippen molar-refractivity contribution < 1.29 is 19.7 Å². The van der Waals surface area contributed by atoms with E-state index >= 15 is 0 Å². The summed E-state index contributed by atoms with van der Waals surface area (Å²) in [6, 6.07) is 0. The summed E-state index contributed by atoms with van der Waals surface area (Å²) < 4.78 is 13.3. The second-order valence-electron chi connectivity index (χ2n) is 12.8. The molecule has 1 spiro atoms. The van der Waals surface area contributed by atoms with Crippen LogP contribution in [0.3, 0.4) is 0 Å². The molecule has 0 unspecified atom stereocenters.